The second-order valence-corrected chi connectivity index (χ2v) is 10.8. The summed E-state index contributed by atoms with van der Waals surface area (Å²) < 4.78 is 29.9. The number of benzene rings is 2. The zero-order valence-corrected chi connectivity index (χ0v) is 19.9. The van der Waals surface area contributed by atoms with Crippen LogP contribution >= 0.6 is 15.9 Å². The lowest BCUT2D eigenvalue weighted by atomic mass is 9.97. The zero-order chi connectivity index (χ0) is 22.6. The van der Waals surface area contributed by atoms with Gasteiger partial charge in [0.1, 0.15) is 0 Å². The van der Waals surface area contributed by atoms with Crippen molar-refractivity contribution in [2.75, 3.05) is 13.1 Å². The van der Waals surface area contributed by atoms with Gasteiger partial charge in [0.05, 0.1) is 17.8 Å². The highest BCUT2D eigenvalue weighted by Gasteiger charge is 2.31. The second kappa shape index (κ2) is 9.97. The molecule has 2 heterocycles. The maximum absolute atomic E-state index is 12.8. The molecule has 0 bridgehead atoms. The SMILES string of the molecule is O=C(NCc1ccccc1-n1ccnc1)C1CCN(S(=O)(=O)Cc2ccc(Br)cc2)CC1. The zero-order valence-electron chi connectivity index (χ0n) is 17.5. The van der Waals surface area contributed by atoms with Gasteiger partial charge in [-0.05, 0) is 42.2 Å². The highest BCUT2D eigenvalue weighted by atomic mass is 79.9. The van der Waals surface area contributed by atoms with Gasteiger partial charge in [-0.25, -0.2) is 17.7 Å². The summed E-state index contributed by atoms with van der Waals surface area (Å²) in [6.45, 7) is 1.14. The fourth-order valence-corrected chi connectivity index (χ4v) is 5.75. The number of carbonyl (C=O) groups excluding carboxylic acids is 1. The van der Waals surface area contributed by atoms with Crippen LogP contribution in [0.25, 0.3) is 5.69 Å². The molecule has 0 spiro atoms. The van der Waals surface area contributed by atoms with E-state index in [0.29, 0.717) is 32.5 Å². The Hall–Kier alpha value is -2.49. The molecule has 0 saturated carbocycles. The monoisotopic (exact) mass is 516 g/mol. The molecule has 1 fully saturated rings. The number of aromatic nitrogens is 2. The Labute approximate surface area is 196 Å². The summed E-state index contributed by atoms with van der Waals surface area (Å²) in [7, 11) is -3.41. The van der Waals surface area contributed by atoms with E-state index in [9.17, 15) is 13.2 Å². The molecule has 1 saturated heterocycles. The molecule has 1 aromatic heterocycles. The number of rotatable bonds is 7. The van der Waals surface area contributed by atoms with Gasteiger partial charge in [-0.15, -0.1) is 0 Å². The maximum atomic E-state index is 12.8. The normalized spacial score (nSPS) is 15.5. The number of nitrogens with one attached hydrogen (secondary N) is 1. The minimum Gasteiger partial charge on any atom is -0.352 e. The molecule has 0 radical (unpaired) electrons. The highest BCUT2D eigenvalue weighted by Crippen LogP contribution is 2.23. The minimum absolute atomic E-state index is 0.0256. The molecular formula is C23H25BrN4O3S. The molecule has 0 aliphatic carbocycles. The van der Waals surface area contributed by atoms with E-state index >= 15 is 0 Å². The van der Waals surface area contributed by atoms with Gasteiger partial charge in [-0.3, -0.25) is 4.79 Å². The number of imidazole rings is 1. The molecule has 168 valence electrons. The van der Waals surface area contributed by atoms with Crippen molar-refractivity contribution in [3.8, 4) is 5.69 Å². The Morgan fingerprint density at radius 1 is 1.09 bits per heavy atom. The first-order valence-electron chi connectivity index (χ1n) is 10.5. The lowest BCUT2D eigenvalue weighted by molar-refractivity contribution is -0.126. The Morgan fingerprint density at radius 2 is 1.81 bits per heavy atom. The fourth-order valence-electron chi connectivity index (χ4n) is 3.92. The number of hydrogen-bond acceptors (Lipinski definition) is 4. The van der Waals surface area contributed by atoms with Crippen LogP contribution in [0.2, 0.25) is 0 Å². The quantitative estimate of drug-likeness (QED) is 0.520. The summed E-state index contributed by atoms with van der Waals surface area (Å²) in [4.78, 5) is 16.8. The number of halogens is 1. The van der Waals surface area contributed by atoms with Crippen LogP contribution in [0.5, 0.6) is 0 Å². The van der Waals surface area contributed by atoms with Gasteiger partial charge in [-0.1, -0.05) is 46.3 Å². The van der Waals surface area contributed by atoms with Crippen molar-refractivity contribution in [1.82, 2.24) is 19.2 Å². The molecule has 1 amide bonds. The van der Waals surface area contributed by atoms with Gasteiger partial charge >= 0.3 is 0 Å². The molecule has 0 unspecified atom stereocenters. The first-order chi connectivity index (χ1) is 15.4. The van der Waals surface area contributed by atoms with E-state index in [-0.39, 0.29) is 17.6 Å². The first kappa shape index (κ1) is 22.7. The van der Waals surface area contributed by atoms with Crippen molar-refractivity contribution in [1.29, 1.82) is 0 Å². The van der Waals surface area contributed by atoms with Crippen molar-refractivity contribution in [3.05, 3.63) is 82.9 Å². The Kier molecular flexibility index (Phi) is 7.07. The second-order valence-electron chi connectivity index (χ2n) is 7.87. The predicted octanol–water partition coefficient (Wildman–Crippen LogP) is 3.49. The average molecular weight is 517 g/mol. The largest absolute Gasteiger partial charge is 0.352 e. The third kappa shape index (κ3) is 5.46. The van der Waals surface area contributed by atoms with Crippen LogP contribution in [0.3, 0.4) is 0 Å². The molecule has 9 heteroatoms. The molecule has 1 aliphatic heterocycles. The smallest absolute Gasteiger partial charge is 0.223 e. The van der Waals surface area contributed by atoms with Gasteiger partial charge < -0.3 is 9.88 Å². The summed E-state index contributed by atoms with van der Waals surface area (Å²) in [6, 6.07) is 15.2. The van der Waals surface area contributed by atoms with Gasteiger partial charge in [0.25, 0.3) is 0 Å². The summed E-state index contributed by atoms with van der Waals surface area (Å²) in [5, 5.41) is 3.02. The van der Waals surface area contributed by atoms with E-state index < -0.39 is 10.0 Å². The Balaban J connectivity index is 1.31. The molecule has 3 aromatic rings. The van der Waals surface area contributed by atoms with Crippen LogP contribution in [-0.2, 0) is 27.1 Å². The molecule has 1 N–H and O–H groups in total. The number of amides is 1. The maximum Gasteiger partial charge on any atom is 0.223 e. The van der Waals surface area contributed by atoms with Gasteiger partial charge in [0, 0.05) is 42.4 Å². The van der Waals surface area contributed by atoms with Crippen molar-refractivity contribution in [2.24, 2.45) is 5.92 Å². The third-order valence-corrected chi connectivity index (χ3v) is 8.09. The van der Waals surface area contributed by atoms with Crippen molar-refractivity contribution in [2.45, 2.75) is 25.1 Å². The van der Waals surface area contributed by atoms with E-state index in [1.54, 1.807) is 12.5 Å². The van der Waals surface area contributed by atoms with Crippen molar-refractivity contribution < 1.29 is 13.2 Å². The van der Waals surface area contributed by atoms with E-state index in [1.165, 1.54) is 4.31 Å². The number of carbonyl (C=O) groups is 1. The van der Waals surface area contributed by atoms with E-state index in [4.69, 9.17) is 0 Å². The lowest BCUT2D eigenvalue weighted by Gasteiger charge is -2.30. The van der Waals surface area contributed by atoms with Gasteiger partial charge in [-0.2, -0.15) is 0 Å². The Bertz CT molecular complexity index is 1160. The standard InChI is InChI=1S/C23H25BrN4O3S/c24-21-7-5-18(6-8-21)16-32(30,31)28-12-9-19(10-13-28)23(29)26-15-20-3-1-2-4-22(20)27-14-11-25-17-27/h1-8,11,14,17,19H,9-10,12-13,15-16H2,(H,26,29). The van der Waals surface area contributed by atoms with Crippen LogP contribution in [0.4, 0.5) is 0 Å². The van der Waals surface area contributed by atoms with Gasteiger partial charge in [0.15, 0.2) is 0 Å². The third-order valence-electron chi connectivity index (χ3n) is 5.71. The van der Waals surface area contributed by atoms with Crippen LogP contribution in [0.1, 0.15) is 24.0 Å². The number of hydrogen-bond donors (Lipinski definition) is 1. The lowest BCUT2D eigenvalue weighted by Crippen LogP contribution is -2.43. The Morgan fingerprint density at radius 3 is 2.50 bits per heavy atom. The first-order valence-corrected chi connectivity index (χ1v) is 12.9. The summed E-state index contributed by atoms with van der Waals surface area (Å²) in [5.74, 6) is -0.243. The number of piperidine rings is 1. The molecule has 32 heavy (non-hydrogen) atoms. The van der Waals surface area contributed by atoms with Crippen molar-refractivity contribution in [3.63, 3.8) is 0 Å². The molecule has 1 aliphatic rings. The van der Waals surface area contributed by atoms with Crippen LogP contribution in [0.15, 0.2) is 71.7 Å². The van der Waals surface area contributed by atoms with Crippen LogP contribution in [-0.4, -0.2) is 41.3 Å². The molecule has 0 atom stereocenters. The van der Waals surface area contributed by atoms with Crippen LogP contribution in [0, 0.1) is 5.92 Å². The van der Waals surface area contributed by atoms with E-state index in [2.05, 4.69) is 26.2 Å². The molecular weight excluding hydrogens is 492 g/mol. The summed E-state index contributed by atoms with van der Waals surface area (Å²) >= 11 is 3.36. The summed E-state index contributed by atoms with van der Waals surface area (Å²) in [6.07, 6.45) is 6.35. The molecule has 4 rings (SSSR count). The van der Waals surface area contributed by atoms with Gasteiger partial charge in [0.2, 0.25) is 15.9 Å². The number of para-hydroxylation sites is 1. The molecule has 2 aromatic carbocycles. The average Bonchev–Trinajstić information content (AvgIpc) is 3.34. The van der Waals surface area contributed by atoms with E-state index in [0.717, 1.165) is 21.3 Å². The molecule has 7 nitrogen and oxygen atoms in total. The highest BCUT2D eigenvalue weighted by molar-refractivity contribution is 9.10. The minimum atomic E-state index is -3.41. The number of sulfonamides is 1. The fraction of sp³-hybridized carbons (Fsp3) is 0.304. The van der Waals surface area contributed by atoms with Crippen LogP contribution < -0.4 is 5.32 Å². The number of nitrogens with zero attached hydrogens (tertiary/aromatic N) is 3. The van der Waals surface area contributed by atoms with Crippen molar-refractivity contribution >= 4 is 31.9 Å². The topological polar surface area (TPSA) is 84.3 Å². The predicted molar refractivity (Wildman–Crippen MR) is 126 cm³/mol. The summed E-state index contributed by atoms with van der Waals surface area (Å²) in [5.41, 5.74) is 2.72. The van der Waals surface area contributed by atoms with E-state index in [1.807, 2.05) is 59.3 Å².